The van der Waals surface area contributed by atoms with Gasteiger partial charge in [-0.1, -0.05) is 12.1 Å². The molecule has 0 radical (unpaired) electrons. The molecule has 164 valence electrons. The fourth-order valence-electron chi connectivity index (χ4n) is 4.37. The van der Waals surface area contributed by atoms with E-state index in [0.29, 0.717) is 13.2 Å². The quantitative estimate of drug-likeness (QED) is 0.523. The zero-order chi connectivity index (χ0) is 22.2. The summed E-state index contributed by atoms with van der Waals surface area (Å²) in [5, 5.41) is 8.32. The molecule has 1 aromatic carbocycles. The monoisotopic (exact) mass is 428 g/mol. The molecule has 0 amide bonds. The Morgan fingerprint density at radius 2 is 2.06 bits per heavy atom. The van der Waals surface area contributed by atoms with E-state index in [0.717, 1.165) is 57.0 Å². The molecule has 1 atom stereocenters. The van der Waals surface area contributed by atoms with E-state index in [1.165, 1.54) is 0 Å². The number of H-pyrrole nitrogens is 1. The number of benzene rings is 1. The van der Waals surface area contributed by atoms with Gasteiger partial charge in [-0.05, 0) is 54.8 Å². The molecule has 4 aromatic rings. The maximum atomic E-state index is 5.68. The van der Waals surface area contributed by atoms with Crippen molar-refractivity contribution in [3.05, 3.63) is 54.4 Å². The topological polar surface area (TPSA) is 70.2 Å². The van der Waals surface area contributed by atoms with E-state index in [2.05, 4.69) is 78.3 Å². The summed E-state index contributed by atoms with van der Waals surface area (Å²) in [7, 11) is 4.13. The SMILES string of the molecule is Cc1cnc(-c2ccn[nH]2)c2nc(N3CCOC[C@H]3C)cc(-c3cccc(N(C)C)c3)c12. The lowest BCUT2D eigenvalue weighted by molar-refractivity contribution is 0.0986. The molecule has 7 nitrogen and oxygen atoms in total. The molecule has 7 heteroatoms. The van der Waals surface area contributed by atoms with Crippen molar-refractivity contribution in [3.63, 3.8) is 0 Å². The van der Waals surface area contributed by atoms with Crippen LogP contribution in [0.1, 0.15) is 12.5 Å². The molecular weight excluding hydrogens is 400 g/mol. The van der Waals surface area contributed by atoms with Crippen LogP contribution in [0.15, 0.2) is 48.8 Å². The van der Waals surface area contributed by atoms with Crippen molar-refractivity contribution in [2.24, 2.45) is 0 Å². The molecule has 0 unspecified atom stereocenters. The van der Waals surface area contributed by atoms with Gasteiger partial charge in [0.1, 0.15) is 17.0 Å². The van der Waals surface area contributed by atoms with E-state index in [1.807, 2.05) is 12.3 Å². The first-order chi connectivity index (χ1) is 15.5. The highest BCUT2D eigenvalue weighted by Crippen LogP contribution is 2.38. The summed E-state index contributed by atoms with van der Waals surface area (Å²) in [5.41, 5.74) is 7.15. The minimum atomic E-state index is 0.253. The smallest absolute Gasteiger partial charge is 0.130 e. The van der Waals surface area contributed by atoms with Gasteiger partial charge in [0.2, 0.25) is 0 Å². The molecule has 5 rings (SSSR count). The number of nitrogens with zero attached hydrogens (tertiary/aromatic N) is 5. The van der Waals surface area contributed by atoms with Gasteiger partial charge < -0.3 is 14.5 Å². The number of pyridine rings is 2. The Morgan fingerprint density at radius 1 is 1.19 bits per heavy atom. The number of hydrogen-bond acceptors (Lipinski definition) is 6. The highest BCUT2D eigenvalue weighted by molar-refractivity contribution is 6.03. The summed E-state index contributed by atoms with van der Waals surface area (Å²) in [5.74, 6) is 0.951. The number of anilines is 2. The van der Waals surface area contributed by atoms with Gasteiger partial charge in [-0.25, -0.2) is 4.98 Å². The van der Waals surface area contributed by atoms with Crippen molar-refractivity contribution in [2.45, 2.75) is 19.9 Å². The van der Waals surface area contributed by atoms with E-state index in [9.17, 15) is 0 Å². The normalized spacial score (nSPS) is 16.5. The minimum absolute atomic E-state index is 0.253. The van der Waals surface area contributed by atoms with Gasteiger partial charge in [-0.2, -0.15) is 5.10 Å². The van der Waals surface area contributed by atoms with E-state index < -0.39 is 0 Å². The standard InChI is InChI=1S/C25H28N6O/c1-16-14-26-24(21-8-9-27-29-21)25-23(16)20(18-6-5-7-19(12-18)30(3)4)13-22(28-25)31-10-11-32-15-17(31)2/h5-9,12-14,17H,10-11,15H2,1-4H3,(H,27,29)/t17-/m1/s1. The van der Waals surface area contributed by atoms with Gasteiger partial charge in [0.25, 0.3) is 0 Å². The maximum absolute atomic E-state index is 5.68. The van der Waals surface area contributed by atoms with Crippen molar-refractivity contribution in [1.82, 2.24) is 20.2 Å². The molecule has 4 heterocycles. The lowest BCUT2D eigenvalue weighted by Gasteiger charge is -2.34. The number of hydrogen-bond donors (Lipinski definition) is 1. The van der Waals surface area contributed by atoms with Crippen LogP contribution in [-0.4, -0.2) is 60.1 Å². The molecule has 1 aliphatic rings. The van der Waals surface area contributed by atoms with Gasteiger partial charge in [0.05, 0.1) is 24.9 Å². The molecule has 0 aliphatic carbocycles. The first-order valence-electron chi connectivity index (χ1n) is 10.9. The lowest BCUT2D eigenvalue weighted by atomic mass is 9.96. The van der Waals surface area contributed by atoms with Gasteiger partial charge in [-0.3, -0.25) is 10.1 Å². The van der Waals surface area contributed by atoms with Crippen molar-refractivity contribution < 1.29 is 4.74 Å². The zero-order valence-corrected chi connectivity index (χ0v) is 19.0. The fourth-order valence-corrected chi connectivity index (χ4v) is 4.37. The van der Waals surface area contributed by atoms with Crippen LogP contribution < -0.4 is 9.80 Å². The Morgan fingerprint density at radius 3 is 2.81 bits per heavy atom. The van der Waals surface area contributed by atoms with E-state index in [-0.39, 0.29) is 6.04 Å². The number of nitrogens with one attached hydrogen (secondary N) is 1. The molecular formula is C25H28N6O. The van der Waals surface area contributed by atoms with Crippen LogP contribution in [0.5, 0.6) is 0 Å². The molecule has 0 bridgehead atoms. The highest BCUT2D eigenvalue weighted by atomic mass is 16.5. The van der Waals surface area contributed by atoms with Crippen molar-refractivity contribution >= 4 is 22.4 Å². The van der Waals surface area contributed by atoms with Crippen LogP contribution in [0, 0.1) is 6.92 Å². The Balaban J connectivity index is 1.81. The Labute approximate surface area is 188 Å². The molecule has 1 saturated heterocycles. The van der Waals surface area contributed by atoms with Crippen LogP contribution in [0.4, 0.5) is 11.5 Å². The average molecular weight is 429 g/mol. The van der Waals surface area contributed by atoms with Crippen LogP contribution in [0.25, 0.3) is 33.4 Å². The summed E-state index contributed by atoms with van der Waals surface area (Å²) in [4.78, 5) is 14.4. The third-order valence-electron chi connectivity index (χ3n) is 6.10. The Hall–Kier alpha value is -3.45. The first-order valence-corrected chi connectivity index (χ1v) is 10.9. The van der Waals surface area contributed by atoms with Crippen LogP contribution >= 0.6 is 0 Å². The van der Waals surface area contributed by atoms with Gasteiger partial charge in [0.15, 0.2) is 0 Å². The molecule has 0 saturated carbocycles. The minimum Gasteiger partial charge on any atom is -0.378 e. The number of morpholine rings is 1. The highest BCUT2D eigenvalue weighted by Gasteiger charge is 2.24. The molecule has 1 fully saturated rings. The number of rotatable bonds is 4. The summed E-state index contributed by atoms with van der Waals surface area (Å²) in [6.45, 7) is 6.50. The molecule has 0 spiro atoms. The third kappa shape index (κ3) is 3.58. The summed E-state index contributed by atoms with van der Waals surface area (Å²) < 4.78 is 5.68. The Kier molecular flexibility index (Phi) is 5.27. The van der Waals surface area contributed by atoms with Crippen LogP contribution in [0.3, 0.4) is 0 Å². The predicted molar refractivity (Wildman–Crippen MR) is 129 cm³/mol. The van der Waals surface area contributed by atoms with E-state index in [4.69, 9.17) is 14.7 Å². The second-order valence-electron chi connectivity index (χ2n) is 8.57. The van der Waals surface area contributed by atoms with E-state index in [1.54, 1.807) is 6.20 Å². The van der Waals surface area contributed by atoms with Crippen molar-refractivity contribution in [2.75, 3.05) is 43.7 Å². The second kappa shape index (κ2) is 8.24. The van der Waals surface area contributed by atoms with Crippen LogP contribution in [0.2, 0.25) is 0 Å². The number of aryl methyl sites for hydroxylation is 1. The molecule has 1 N–H and O–H groups in total. The largest absolute Gasteiger partial charge is 0.378 e. The number of ether oxygens (including phenoxy) is 1. The number of aromatic amines is 1. The van der Waals surface area contributed by atoms with E-state index >= 15 is 0 Å². The Bertz CT molecular complexity index is 1250. The maximum Gasteiger partial charge on any atom is 0.130 e. The molecule has 1 aliphatic heterocycles. The number of fused-ring (bicyclic) bond motifs is 1. The average Bonchev–Trinajstić information content (AvgIpc) is 3.34. The van der Waals surface area contributed by atoms with Gasteiger partial charge >= 0.3 is 0 Å². The van der Waals surface area contributed by atoms with Crippen molar-refractivity contribution in [3.8, 4) is 22.5 Å². The molecule has 3 aromatic heterocycles. The van der Waals surface area contributed by atoms with Gasteiger partial charge in [-0.15, -0.1) is 0 Å². The summed E-state index contributed by atoms with van der Waals surface area (Å²) in [6, 6.07) is 13.1. The third-order valence-corrected chi connectivity index (χ3v) is 6.10. The van der Waals surface area contributed by atoms with Gasteiger partial charge in [0, 0.05) is 44.1 Å². The van der Waals surface area contributed by atoms with Crippen molar-refractivity contribution in [1.29, 1.82) is 0 Å². The second-order valence-corrected chi connectivity index (χ2v) is 8.57. The number of aromatic nitrogens is 4. The lowest BCUT2D eigenvalue weighted by Crippen LogP contribution is -2.44. The zero-order valence-electron chi connectivity index (χ0n) is 19.0. The first kappa shape index (κ1) is 20.5. The summed E-state index contributed by atoms with van der Waals surface area (Å²) >= 11 is 0. The molecule has 32 heavy (non-hydrogen) atoms. The fraction of sp³-hybridized carbons (Fsp3) is 0.320. The van der Waals surface area contributed by atoms with Crippen LogP contribution in [-0.2, 0) is 4.74 Å². The predicted octanol–water partition coefficient (Wildman–Crippen LogP) is 4.29. The summed E-state index contributed by atoms with van der Waals surface area (Å²) in [6.07, 6.45) is 3.68.